The van der Waals surface area contributed by atoms with Crippen molar-refractivity contribution in [3.05, 3.63) is 27.3 Å². The summed E-state index contributed by atoms with van der Waals surface area (Å²) in [6.07, 6.45) is 3.06. The molecular formula is C12H15IN2O2. The van der Waals surface area contributed by atoms with E-state index in [4.69, 9.17) is 5.73 Å². The van der Waals surface area contributed by atoms with Crippen LogP contribution in [0.3, 0.4) is 0 Å². The highest BCUT2D eigenvalue weighted by atomic mass is 127. The van der Waals surface area contributed by atoms with Crippen LogP contribution in [0.15, 0.2) is 18.2 Å². The Morgan fingerprint density at radius 2 is 2.24 bits per heavy atom. The number of phenols is 1. The highest BCUT2D eigenvalue weighted by Crippen LogP contribution is 2.28. The van der Waals surface area contributed by atoms with E-state index in [0.717, 1.165) is 22.8 Å². The molecule has 1 amide bonds. The minimum atomic E-state index is -0.221. The van der Waals surface area contributed by atoms with Crippen LogP contribution in [0.2, 0.25) is 0 Å². The number of amides is 1. The molecule has 0 bridgehead atoms. The summed E-state index contributed by atoms with van der Waals surface area (Å²) >= 11 is 2.01. The molecule has 17 heavy (non-hydrogen) atoms. The second-order valence-electron chi connectivity index (χ2n) is 4.56. The molecule has 92 valence electrons. The van der Waals surface area contributed by atoms with Gasteiger partial charge in [-0.2, -0.15) is 0 Å². The van der Waals surface area contributed by atoms with Gasteiger partial charge in [0.05, 0.1) is 3.57 Å². The topological polar surface area (TPSA) is 75.3 Å². The summed E-state index contributed by atoms with van der Waals surface area (Å²) in [5.41, 5.74) is 6.26. The van der Waals surface area contributed by atoms with E-state index in [1.54, 1.807) is 12.1 Å². The number of nitrogens with two attached hydrogens (primary N) is 1. The maximum atomic E-state index is 11.8. The van der Waals surface area contributed by atoms with Gasteiger partial charge in [-0.3, -0.25) is 4.79 Å². The molecule has 1 aromatic carbocycles. The lowest BCUT2D eigenvalue weighted by Gasteiger charge is -2.38. The van der Waals surface area contributed by atoms with Crippen LogP contribution in [0.25, 0.3) is 0 Å². The number of halogens is 1. The maximum absolute atomic E-state index is 11.8. The third-order valence-electron chi connectivity index (χ3n) is 3.16. The number of rotatable bonds is 3. The van der Waals surface area contributed by atoms with E-state index in [1.165, 1.54) is 6.07 Å². The molecule has 1 saturated carbocycles. The molecule has 0 aliphatic heterocycles. The van der Waals surface area contributed by atoms with Crippen LogP contribution in [0.4, 0.5) is 0 Å². The van der Waals surface area contributed by atoms with Crippen LogP contribution in [0, 0.1) is 3.57 Å². The van der Waals surface area contributed by atoms with Gasteiger partial charge in [-0.1, -0.05) is 0 Å². The Labute approximate surface area is 114 Å². The molecule has 1 aromatic rings. The number of benzene rings is 1. The van der Waals surface area contributed by atoms with Gasteiger partial charge in [0.15, 0.2) is 0 Å². The second-order valence-corrected chi connectivity index (χ2v) is 5.73. The zero-order valence-electron chi connectivity index (χ0n) is 9.37. The number of hydrogen-bond acceptors (Lipinski definition) is 3. The summed E-state index contributed by atoms with van der Waals surface area (Å²) in [5, 5.41) is 12.3. The van der Waals surface area contributed by atoms with Crippen molar-refractivity contribution >= 4 is 28.5 Å². The van der Waals surface area contributed by atoms with E-state index >= 15 is 0 Å². The molecule has 2 rings (SSSR count). The summed E-state index contributed by atoms with van der Waals surface area (Å²) < 4.78 is 0.730. The first kappa shape index (κ1) is 12.6. The molecule has 1 aliphatic rings. The molecule has 0 heterocycles. The lowest BCUT2D eigenvalue weighted by Crippen LogP contribution is -2.54. The quantitative estimate of drug-likeness (QED) is 0.728. The minimum absolute atomic E-state index is 0.129. The summed E-state index contributed by atoms with van der Waals surface area (Å²) in [6.45, 7) is 0.499. The Morgan fingerprint density at radius 3 is 2.76 bits per heavy atom. The number of carbonyl (C=O) groups excluding carboxylic acids is 1. The predicted octanol–water partition coefficient (Wildman–Crippen LogP) is 1.61. The first-order valence-electron chi connectivity index (χ1n) is 5.56. The molecule has 0 spiro atoms. The predicted molar refractivity (Wildman–Crippen MR) is 73.9 cm³/mol. The minimum Gasteiger partial charge on any atom is -0.507 e. The van der Waals surface area contributed by atoms with Gasteiger partial charge in [0.25, 0.3) is 5.91 Å². The Hall–Kier alpha value is -0.820. The Kier molecular flexibility index (Phi) is 3.58. The first-order valence-corrected chi connectivity index (χ1v) is 6.64. The zero-order chi connectivity index (χ0) is 12.5. The van der Waals surface area contributed by atoms with Crippen molar-refractivity contribution in [1.29, 1.82) is 0 Å². The van der Waals surface area contributed by atoms with Crippen LogP contribution in [-0.4, -0.2) is 23.1 Å². The van der Waals surface area contributed by atoms with Gasteiger partial charge in [0.1, 0.15) is 5.75 Å². The Bertz CT molecular complexity index is 444. The van der Waals surface area contributed by atoms with Gasteiger partial charge < -0.3 is 16.2 Å². The van der Waals surface area contributed by atoms with Gasteiger partial charge in [-0.25, -0.2) is 0 Å². The van der Waals surface area contributed by atoms with E-state index in [9.17, 15) is 9.90 Å². The zero-order valence-corrected chi connectivity index (χ0v) is 11.5. The van der Waals surface area contributed by atoms with Crippen LogP contribution in [0.5, 0.6) is 5.75 Å². The number of nitrogens with one attached hydrogen (secondary N) is 1. The average molecular weight is 346 g/mol. The largest absolute Gasteiger partial charge is 0.507 e. The lowest BCUT2D eigenvalue weighted by atomic mass is 9.78. The van der Waals surface area contributed by atoms with Crippen LogP contribution in [0.1, 0.15) is 29.6 Å². The van der Waals surface area contributed by atoms with E-state index in [2.05, 4.69) is 5.32 Å². The van der Waals surface area contributed by atoms with E-state index in [1.807, 2.05) is 22.6 Å². The first-order chi connectivity index (χ1) is 8.00. The van der Waals surface area contributed by atoms with E-state index in [-0.39, 0.29) is 17.2 Å². The van der Waals surface area contributed by atoms with Crippen molar-refractivity contribution in [2.75, 3.05) is 6.54 Å². The van der Waals surface area contributed by atoms with Crippen molar-refractivity contribution in [2.24, 2.45) is 5.73 Å². The third kappa shape index (κ3) is 2.90. The monoisotopic (exact) mass is 346 g/mol. The highest BCUT2D eigenvalue weighted by Gasteiger charge is 2.32. The molecule has 0 atom stereocenters. The fourth-order valence-electron chi connectivity index (χ4n) is 1.82. The smallest absolute Gasteiger partial charge is 0.251 e. The van der Waals surface area contributed by atoms with Crippen molar-refractivity contribution in [2.45, 2.75) is 24.8 Å². The standard InChI is InChI=1S/C12H15IN2O2/c13-9-3-2-8(6-10(9)16)11(17)15-7-12(14)4-1-5-12/h2-3,6,16H,1,4-5,7,14H2,(H,15,17). The molecule has 4 N–H and O–H groups in total. The fraction of sp³-hybridized carbons (Fsp3) is 0.417. The SMILES string of the molecule is NC1(CNC(=O)c2ccc(I)c(O)c2)CCC1. The summed E-state index contributed by atoms with van der Waals surface area (Å²) in [5.74, 6) is -0.0576. The van der Waals surface area contributed by atoms with Crippen molar-refractivity contribution in [3.63, 3.8) is 0 Å². The second kappa shape index (κ2) is 4.81. The fourth-order valence-corrected chi connectivity index (χ4v) is 2.16. The van der Waals surface area contributed by atoms with Crippen molar-refractivity contribution in [3.8, 4) is 5.75 Å². The molecule has 0 saturated heterocycles. The summed E-state index contributed by atoms with van der Waals surface area (Å²) in [4.78, 5) is 11.8. The molecular weight excluding hydrogens is 331 g/mol. The van der Waals surface area contributed by atoms with E-state index in [0.29, 0.717) is 12.1 Å². The van der Waals surface area contributed by atoms with Crippen LogP contribution >= 0.6 is 22.6 Å². The van der Waals surface area contributed by atoms with Gasteiger partial charge in [-0.15, -0.1) is 0 Å². The third-order valence-corrected chi connectivity index (χ3v) is 4.07. The van der Waals surface area contributed by atoms with Gasteiger partial charge in [0.2, 0.25) is 0 Å². The van der Waals surface area contributed by atoms with Gasteiger partial charge in [0, 0.05) is 17.6 Å². The Morgan fingerprint density at radius 1 is 1.53 bits per heavy atom. The van der Waals surface area contributed by atoms with E-state index < -0.39 is 0 Å². The summed E-state index contributed by atoms with van der Waals surface area (Å²) in [6, 6.07) is 4.88. The van der Waals surface area contributed by atoms with Crippen LogP contribution < -0.4 is 11.1 Å². The molecule has 0 radical (unpaired) electrons. The van der Waals surface area contributed by atoms with Crippen molar-refractivity contribution in [1.82, 2.24) is 5.32 Å². The molecule has 0 aromatic heterocycles. The highest BCUT2D eigenvalue weighted by molar-refractivity contribution is 14.1. The van der Waals surface area contributed by atoms with Gasteiger partial charge in [-0.05, 0) is 60.1 Å². The van der Waals surface area contributed by atoms with Gasteiger partial charge >= 0.3 is 0 Å². The molecule has 5 heteroatoms. The molecule has 1 aliphatic carbocycles. The Balaban J connectivity index is 1.97. The lowest BCUT2D eigenvalue weighted by molar-refractivity contribution is 0.0929. The average Bonchev–Trinajstić information content (AvgIpc) is 2.27. The van der Waals surface area contributed by atoms with Crippen LogP contribution in [-0.2, 0) is 0 Å². The number of aromatic hydroxyl groups is 1. The number of hydrogen-bond donors (Lipinski definition) is 3. The number of carbonyl (C=O) groups is 1. The normalized spacial score (nSPS) is 17.3. The maximum Gasteiger partial charge on any atom is 0.251 e. The summed E-state index contributed by atoms with van der Waals surface area (Å²) in [7, 11) is 0. The van der Waals surface area contributed by atoms with Crippen molar-refractivity contribution < 1.29 is 9.90 Å². The molecule has 0 unspecified atom stereocenters. The molecule has 4 nitrogen and oxygen atoms in total. The number of phenolic OH excluding ortho intramolecular Hbond substituents is 1. The molecule has 1 fully saturated rings.